The smallest absolute Gasteiger partial charge is 0.435 e. The molecule has 1 aromatic carbocycles. The van der Waals surface area contributed by atoms with Crippen LogP contribution < -0.4 is 10.1 Å². The zero-order valence-electron chi connectivity index (χ0n) is 23.9. The first kappa shape index (κ1) is 32.6. The first-order valence-electron chi connectivity index (χ1n) is 13.0. The van der Waals surface area contributed by atoms with E-state index in [4.69, 9.17) is 30.5 Å². The number of hydrogen-bond acceptors (Lipinski definition) is 10. The Morgan fingerprint density at radius 2 is 1.82 bits per heavy atom. The van der Waals surface area contributed by atoms with Crippen molar-refractivity contribution in [2.24, 2.45) is 0 Å². The van der Waals surface area contributed by atoms with Crippen molar-refractivity contribution in [1.29, 1.82) is 0 Å². The second kappa shape index (κ2) is 14.0. The largest absolute Gasteiger partial charge is 0.469 e. The molecule has 4 aromatic rings. The topological polar surface area (TPSA) is 123 Å². The first-order valence-corrected chi connectivity index (χ1v) is 13.4. The molecule has 0 bridgehead atoms. The number of nitrogens with one attached hydrogen (secondary N) is 1. The summed E-state index contributed by atoms with van der Waals surface area (Å²) < 4.78 is 76.8. The van der Waals surface area contributed by atoms with Crippen molar-refractivity contribution in [2.75, 3.05) is 39.4 Å². The van der Waals surface area contributed by atoms with Crippen molar-refractivity contribution in [3.05, 3.63) is 70.5 Å². The summed E-state index contributed by atoms with van der Waals surface area (Å²) in [6, 6.07) is 6.07. The number of carbonyl (C=O) groups is 1. The lowest BCUT2D eigenvalue weighted by molar-refractivity contribution is -0.141. The lowest BCUT2D eigenvalue weighted by Crippen LogP contribution is -2.28. The molecule has 3 heterocycles. The number of benzene rings is 1. The molecule has 0 radical (unpaired) electrons. The molecule has 16 heteroatoms. The number of anilines is 2. The van der Waals surface area contributed by atoms with Crippen LogP contribution in [0.1, 0.15) is 28.7 Å². The monoisotopic (exact) mass is 638 g/mol. The summed E-state index contributed by atoms with van der Waals surface area (Å²) in [5.74, 6) is -1.61. The molecule has 0 spiro atoms. The van der Waals surface area contributed by atoms with Gasteiger partial charge in [-0.15, -0.1) is 0 Å². The number of esters is 1. The molecule has 0 aliphatic rings. The summed E-state index contributed by atoms with van der Waals surface area (Å²) in [6.45, 7) is 3.36. The maximum atomic E-state index is 13.7. The average molecular weight is 639 g/mol. The van der Waals surface area contributed by atoms with Crippen LogP contribution in [0.2, 0.25) is 5.02 Å². The number of nitrogens with zero attached hydrogens (tertiary/aromatic N) is 5. The molecule has 1 N–H and O–H groups in total. The lowest BCUT2D eigenvalue weighted by atomic mass is 10.1. The maximum absolute atomic E-state index is 13.7. The van der Waals surface area contributed by atoms with E-state index in [1.165, 1.54) is 51.7 Å². The van der Waals surface area contributed by atoms with Crippen LogP contribution in [0.3, 0.4) is 0 Å². The fraction of sp³-hybridized carbons (Fsp3) is 0.321. The third-order valence-corrected chi connectivity index (χ3v) is 6.25. The molecule has 0 unspecified atom stereocenters. The fourth-order valence-electron chi connectivity index (χ4n) is 4.02. The number of alkyl halides is 3. The average Bonchev–Trinajstić information content (AvgIpc) is 3.38. The molecule has 0 saturated carbocycles. The Bertz CT molecular complexity index is 1630. The fourth-order valence-corrected chi connectivity index (χ4v) is 4.20. The number of hydrogen-bond donors (Lipinski definition) is 1. The molecule has 44 heavy (non-hydrogen) atoms. The molecular formula is C28H27ClF4N6O5. The Kier molecular flexibility index (Phi) is 10.3. The number of halogens is 5. The van der Waals surface area contributed by atoms with Crippen molar-refractivity contribution in [1.82, 2.24) is 24.7 Å². The Balaban J connectivity index is 1.86. The molecular weight excluding hydrogens is 612 g/mol. The predicted molar refractivity (Wildman–Crippen MR) is 151 cm³/mol. The van der Waals surface area contributed by atoms with Crippen LogP contribution in [0.5, 0.6) is 5.88 Å². The van der Waals surface area contributed by atoms with Gasteiger partial charge in [-0.1, -0.05) is 11.6 Å². The number of carbonyl (C=O) groups excluding carboxylic acids is 1. The van der Waals surface area contributed by atoms with Crippen LogP contribution in [0, 0.1) is 12.7 Å². The van der Waals surface area contributed by atoms with Gasteiger partial charge in [0.15, 0.2) is 11.5 Å². The van der Waals surface area contributed by atoms with Gasteiger partial charge < -0.3 is 24.3 Å². The molecule has 234 valence electrons. The minimum atomic E-state index is -4.73. The van der Waals surface area contributed by atoms with Gasteiger partial charge in [-0.25, -0.2) is 23.8 Å². The Labute approximate surface area is 254 Å². The highest BCUT2D eigenvalue weighted by atomic mass is 35.5. The van der Waals surface area contributed by atoms with Crippen LogP contribution in [-0.4, -0.2) is 70.8 Å². The van der Waals surface area contributed by atoms with Gasteiger partial charge in [-0.2, -0.15) is 23.3 Å². The van der Waals surface area contributed by atoms with Crippen molar-refractivity contribution < 1.29 is 41.3 Å². The molecule has 11 nitrogen and oxygen atoms in total. The molecule has 3 aromatic heterocycles. The van der Waals surface area contributed by atoms with Crippen LogP contribution in [0.4, 0.5) is 29.2 Å². The van der Waals surface area contributed by atoms with Crippen LogP contribution >= 0.6 is 11.6 Å². The number of rotatable bonds is 12. The van der Waals surface area contributed by atoms with E-state index in [1.807, 2.05) is 0 Å². The van der Waals surface area contributed by atoms with E-state index in [-0.39, 0.29) is 64.9 Å². The molecule has 0 amide bonds. The summed E-state index contributed by atoms with van der Waals surface area (Å²) >= 11 is 5.88. The summed E-state index contributed by atoms with van der Waals surface area (Å²) in [5, 5.41) is 6.42. The van der Waals surface area contributed by atoms with E-state index >= 15 is 0 Å². The standard InChI is InChI=1S/C28H27ClF4N6O5/c1-5-43-26(40)19-9-16(11-34-25(19)44-18(13-41-3)14-42-4)20-12-35-27(36-17-6-7-22(30)21(29)10-17)37-24(20)39-15(2)8-23(38-39)28(31,32)33/h6-12,18H,5,13-14H2,1-4H3,(H,35,36,37). The van der Waals surface area contributed by atoms with Gasteiger partial charge in [-0.3, -0.25) is 0 Å². The van der Waals surface area contributed by atoms with Crippen LogP contribution in [0.15, 0.2) is 42.7 Å². The van der Waals surface area contributed by atoms with Gasteiger partial charge in [0.1, 0.15) is 17.5 Å². The van der Waals surface area contributed by atoms with Crippen molar-refractivity contribution in [2.45, 2.75) is 26.1 Å². The summed E-state index contributed by atoms with van der Waals surface area (Å²) in [4.78, 5) is 26.0. The molecule has 0 fully saturated rings. The summed E-state index contributed by atoms with van der Waals surface area (Å²) in [6.07, 6.45) is -2.69. The molecule has 0 saturated heterocycles. The molecule has 0 atom stereocenters. The Hall–Kier alpha value is -4.34. The second-order valence-electron chi connectivity index (χ2n) is 9.21. The zero-order valence-corrected chi connectivity index (χ0v) is 24.7. The van der Waals surface area contributed by atoms with Crippen LogP contribution in [-0.2, 0) is 20.4 Å². The molecule has 0 aliphatic carbocycles. The predicted octanol–water partition coefficient (Wildman–Crippen LogP) is 5.80. The quantitative estimate of drug-likeness (QED) is 0.150. The third kappa shape index (κ3) is 7.59. The number of aryl methyl sites for hydroxylation is 1. The number of ether oxygens (including phenoxy) is 4. The van der Waals surface area contributed by atoms with Crippen molar-refractivity contribution in [3.8, 4) is 22.8 Å². The van der Waals surface area contributed by atoms with Gasteiger partial charge in [0.2, 0.25) is 11.8 Å². The van der Waals surface area contributed by atoms with Gasteiger partial charge in [0.05, 0.1) is 24.8 Å². The first-order chi connectivity index (χ1) is 20.9. The Morgan fingerprint density at radius 1 is 1.09 bits per heavy atom. The Morgan fingerprint density at radius 3 is 2.43 bits per heavy atom. The van der Waals surface area contributed by atoms with Gasteiger partial charge in [-0.05, 0) is 44.2 Å². The number of methoxy groups -OCH3 is 2. The van der Waals surface area contributed by atoms with E-state index in [9.17, 15) is 22.4 Å². The van der Waals surface area contributed by atoms with E-state index < -0.39 is 29.8 Å². The van der Waals surface area contributed by atoms with Crippen molar-refractivity contribution >= 4 is 29.2 Å². The highest BCUT2D eigenvalue weighted by molar-refractivity contribution is 6.31. The summed E-state index contributed by atoms with van der Waals surface area (Å²) in [5.41, 5.74) is -0.376. The third-order valence-electron chi connectivity index (χ3n) is 5.96. The zero-order chi connectivity index (χ0) is 32.0. The number of aromatic nitrogens is 5. The van der Waals surface area contributed by atoms with Gasteiger partial charge >= 0.3 is 12.1 Å². The summed E-state index contributed by atoms with van der Waals surface area (Å²) in [7, 11) is 2.95. The van der Waals surface area contributed by atoms with Gasteiger partial charge in [0, 0.05) is 49.1 Å². The van der Waals surface area contributed by atoms with Crippen LogP contribution in [0.25, 0.3) is 16.9 Å². The lowest BCUT2D eigenvalue weighted by Gasteiger charge is -2.19. The minimum absolute atomic E-state index is 0.0525. The van der Waals surface area contributed by atoms with E-state index in [1.54, 1.807) is 6.92 Å². The number of pyridine rings is 1. The molecule has 4 rings (SSSR count). The highest BCUT2D eigenvalue weighted by Gasteiger charge is 2.35. The van der Waals surface area contributed by atoms with Crippen molar-refractivity contribution in [3.63, 3.8) is 0 Å². The second-order valence-corrected chi connectivity index (χ2v) is 9.62. The van der Waals surface area contributed by atoms with E-state index in [2.05, 4.69) is 25.4 Å². The SMILES string of the molecule is CCOC(=O)c1cc(-c2cnc(Nc3ccc(F)c(Cl)c3)nc2-n2nc(C(F)(F)F)cc2C)cnc1OC(COC)COC. The van der Waals surface area contributed by atoms with E-state index in [0.29, 0.717) is 5.69 Å². The molecule has 0 aliphatic heterocycles. The minimum Gasteiger partial charge on any atom is -0.469 e. The van der Waals surface area contributed by atoms with E-state index in [0.717, 1.165) is 16.8 Å². The maximum Gasteiger partial charge on any atom is 0.435 e. The van der Waals surface area contributed by atoms with Gasteiger partial charge in [0.25, 0.3) is 0 Å². The normalized spacial score (nSPS) is 11.6. The highest BCUT2D eigenvalue weighted by Crippen LogP contribution is 2.33.